The molecule has 124 valence electrons. The van der Waals surface area contributed by atoms with Gasteiger partial charge in [0, 0.05) is 0 Å². The predicted octanol–water partition coefficient (Wildman–Crippen LogP) is 6.40. The third-order valence-corrected chi connectivity index (χ3v) is 2.87. The first-order valence-corrected chi connectivity index (χ1v) is 7.98. The van der Waals surface area contributed by atoms with Gasteiger partial charge >= 0.3 is 26.2 Å². The number of hydrogen-bond donors (Lipinski definition) is 0. The van der Waals surface area contributed by atoms with Crippen LogP contribution < -0.4 is 0 Å². The van der Waals surface area contributed by atoms with E-state index in [1.165, 1.54) is 11.1 Å². The van der Waals surface area contributed by atoms with Gasteiger partial charge in [-0.3, -0.25) is 0 Å². The van der Waals surface area contributed by atoms with Gasteiger partial charge in [0.1, 0.15) is 0 Å². The molecule has 0 aliphatic carbocycles. The standard InChI is InChI=1S/2C6H7.2C6H5.Zr/c2*1-6-4-2-3-5-6;2*1-2-4-6-5-3-1;/h2*2-5H,1H3;2*1-5H;/q4*-1;+4. The topological polar surface area (TPSA) is 0 Å². The minimum absolute atomic E-state index is 0. The van der Waals surface area contributed by atoms with Crippen LogP contribution in [0.25, 0.3) is 0 Å². The van der Waals surface area contributed by atoms with Crippen LogP contribution in [-0.2, 0) is 26.2 Å². The first-order chi connectivity index (χ1) is 11.8. The van der Waals surface area contributed by atoms with E-state index in [4.69, 9.17) is 0 Å². The van der Waals surface area contributed by atoms with E-state index in [2.05, 4.69) is 50.2 Å². The quantitative estimate of drug-likeness (QED) is 0.298. The fourth-order valence-electron chi connectivity index (χ4n) is 1.62. The molecule has 0 saturated carbocycles. The molecule has 0 unspecified atom stereocenters. The van der Waals surface area contributed by atoms with Gasteiger partial charge in [-0.05, 0) is 0 Å². The fraction of sp³-hybridized carbons (Fsp3) is 0.0833. The van der Waals surface area contributed by atoms with Crippen LogP contribution in [0, 0.1) is 26.0 Å². The summed E-state index contributed by atoms with van der Waals surface area (Å²) in [7, 11) is 0. The third-order valence-electron chi connectivity index (χ3n) is 2.87. The average molecular weight is 404 g/mol. The molecule has 1 heteroatoms. The van der Waals surface area contributed by atoms with Crippen molar-refractivity contribution in [1.29, 1.82) is 0 Å². The molecule has 0 radical (unpaired) electrons. The van der Waals surface area contributed by atoms with E-state index < -0.39 is 0 Å². The van der Waals surface area contributed by atoms with Crippen molar-refractivity contribution in [2.24, 2.45) is 0 Å². The van der Waals surface area contributed by atoms with Gasteiger partial charge in [0.05, 0.1) is 0 Å². The molecule has 4 aromatic rings. The van der Waals surface area contributed by atoms with Crippen LogP contribution in [0.4, 0.5) is 0 Å². The number of benzene rings is 2. The molecule has 25 heavy (non-hydrogen) atoms. The Hall–Kier alpha value is -1.98. The summed E-state index contributed by atoms with van der Waals surface area (Å²) in [5.74, 6) is 0. The van der Waals surface area contributed by atoms with E-state index >= 15 is 0 Å². The predicted molar refractivity (Wildman–Crippen MR) is 104 cm³/mol. The maximum absolute atomic E-state index is 2.89. The maximum Gasteiger partial charge on any atom is 4.00 e. The van der Waals surface area contributed by atoms with Gasteiger partial charge in [-0.2, -0.15) is 108 Å². The van der Waals surface area contributed by atoms with E-state index in [9.17, 15) is 0 Å². The van der Waals surface area contributed by atoms with Crippen LogP contribution in [0.15, 0.2) is 109 Å². The van der Waals surface area contributed by atoms with Gasteiger partial charge in [0.2, 0.25) is 0 Å². The summed E-state index contributed by atoms with van der Waals surface area (Å²) < 4.78 is 0. The molecular formula is C24H24Zr. The molecule has 0 fully saturated rings. The van der Waals surface area contributed by atoms with Gasteiger partial charge in [-0.1, -0.05) is 13.8 Å². The van der Waals surface area contributed by atoms with Gasteiger partial charge < -0.3 is 0 Å². The first-order valence-electron chi connectivity index (χ1n) is 7.98. The smallest absolute Gasteiger partial charge is 0.213 e. The van der Waals surface area contributed by atoms with Crippen molar-refractivity contribution in [1.82, 2.24) is 0 Å². The summed E-state index contributed by atoms with van der Waals surface area (Å²) in [6, 6.07) is 41.5. The Morgan fingerprint density at radius 2 is 0.720 bits per heavy atom. The molecule has 0 spiro atoms. The molecule has 0 nitrogen and oxygen atoms in total. The molecule has 0 heterocycles. The van der Waals surface area contributed by atoms with Crippen LogP contribution >= 0.6 is 0 Å². The van der Waals surface area contributed by atoms with Crippen LogP contribution in [0.1, 0.15) is 11.1 Å². The van der Waals surface area contributed by atoms with Crippen molar-refractivity contribution >= 4 is 0 Å². The minimum Gasteiger partial charge on any atom is -0.213 e. The van der Waals surface area contributed by atoms with Gasteiger partial charge in [-0.15, -0.1) is 0 Å². The van der Waals surface area contributed by atoms with Crippen LogP contribution in [0.5, 0.6) is 0 Å². The number of aryl methyl sites for hydroxylation is 2. The molecule has 4 aromatic carbocycles. The van der Waals surface area contributed by atoms with Crippen molar-refractivity contribution < 1.29 is 26.2 Å². The minimum atomic E-state index is 0. The number of rotatable bonds is 0. The summed E-state index contributed by atoms with van der Waals surface area (Å²) >= 11 is 0. The van der Waals surface area contributed by atoms with Crippen molar-refractivity contribution in [3.63, 3.8) is 0 Å². The Kier molecular flexibility index (Phi) is 15.5. The molecule has 0 N–H and O–H groups in total. The normalized spacial score (nSPS) is 8.08. The van der Waals surface area contributed by atoms with Crippen molar-refractivity contribution in [3.05, 3.63) is 132 Å². The average Bonchev–Trinajstić information content (AvgIpc) is 3.33. The zero-order valence-electron chi connectivity index (χ0n) is 14.9. The second-order valence-corrected chi connectivity index (χ2v) is 5.08. The van der Waals surface area contributed by atoms with E-state index in [0.29, 0.717) is 0 Å². The summed E-state index contributed by atoms with van der Waals surface area (Å²) in [4.78, 5) is 0. The summed E-state index contributed by atoms with van der Waals surface area (Å²) in [6.07, 6.45) is 0. The van der Waals surface area contributed by atoms with E-state index in [0.717, 1.165) is 0 Å². The Morgan fingerprint density at radius 3 is 0.800 bits per heavy atom. The second-order valence-electron chi connectivity index (χ2n) is 5.08. The van der Waals surface area contributed by atoms with Gasteiger partial charge in [0.25, 0.3) is 0 Å². The zero-order valence-corrected chi connectivity index (χ0v) is 17.4. The van der Waals surface area contributed by atoms with E-state index in [-0.39, 0.29) is 26.2 Å². The van der Waals surface area contributed by atoms with E-state index in [1.807, 2.05) is 84.9 Å². The Balaban J connectivity index is 0.000000303. The fourth-order valence-corrected chi connectivity index (χ4v) is 1.62. The summed E-state index contributed by atoms with van der Waals surface area (Å²) in [5.41, 5.74) is 2.69. The largest absolute Gasteiger partial charge is 4.00 e. The third kappa shape index (κ3) is 15.3. The molecular weight excluding hydrogens is 379 g/mol. The maximum atomic E-state index is 2.89. The van der Waals surface area contributed by atoms with Gasteiger partial charge in [-0.25, -0.2) is 24.3 Å². The number of hydrogen-bond acceptors (Lipinski definition) is 0. The molecule has 0 atom stereocenters. The van der Waals surface area contributed by atoms with Crippen molar-refractivity contribution in [3.8, 4) is 0 Å². The molecule has 0 aliphatic heterocycles. The Labute approximate surface area is 172 Å². The van der Waals surface area contributed by atoms with Crippen LogP contribution in [0.2, 0.25) is 0 Å². The first kappa shape index (κ1) is 23.0. The molecule has 0 aliphatic rings. The SMILES string of the molecule is C[c-]1cccc1.C[c-]1cccc1.[Zr+4].[c-]1ccccc1.[c-]1ccccc1. The molecule has 4 rings (SSSR count). The van der Waals surface area contributed by atoms with Crippen LogP contribution in [-0.4, -0.2) is 0 Å². The summed E-state index contributed by atoms with van der Waals surface area (Å²) in [5, 5.41) is 0. The Morgan fingerprint density at radius 1 is 0.440 bits per heavy atom. The molecule has 0 aromatic heterocycles. The van der Waals surface area contributed by atoms with Gasteiger partial charge in [0.15, 0.2) is 0 Å². The van der Waals surface area contributed by atoms with Crippen molar-refractivity contribution in [2.45, 2.75) is 13.8 Å². The van der Waals surface area contributed by atoms with Crippen LogP contribution in [0.3, 0.4) is 0 Å². The Bertz CT molecular complexity index is 548. The molecule has 0 bridgehead atoms. The summed E-state index contributed by atoms with van der Waals surface area (Å²) in [6.45, 7) is 4.17. The molecule has 0 amide bonds. The second kappa shape index (κ2) is 16.9. The zero-order chi connectivity index (χ0) is 17.3. The van der Waals surface area contributed by atoms with Crippen molar-refractivity contribution in [2.75, 3.05) is 0 Å². The van der Waals surface area contributed by atoms with E-state index in [1.54, 1.807) is 0 Å². The molecule has 0 saturated heterocycles. The monoisotopic (exact) mass is 402 g/mol.